The minimum atomic E-state index is -0.889. The molecule has 1 N–H and O–H groups in total. The average molecular weight is 450 g/mol. The van der Waals surface area contributed by atoms with Gasteiger partial charge in [-0.2, -0.15) is 5.26 Å². The van der Waals surface area contributed by atoms with Crippen LogP contribution in [0.3, 0.4) is 0 Å². The van der Waals surface area contributed by atoms with Crippen molar-refractivity contribution in [1.82, 2.24) is 5.32 Å². The summed E-state index contributed by atoms with van der Waals surface area (Å²) in [7, 11) is 0. The Balaban J connectivity index is 2.04. The number of nitrogens with one attached hydrogen (secondary N) is 1. The van der Waals surface area contributed by atoms with Crippen LogP contribution in [-0.4, -0.2) is 17.5 Å². The van der Waals surface area contributed by atoms with Gasteiger partial charge in [0.05, 0.1) is 28.7 Å². The molecule has 1 atom stereocenters. The molecule has 7 nitrogen and oxygen atoms in total. The number of dihydropyridines is 1. The number of nitro groups is 1. The highest BCUT2D eigenvalue weighted by Gasteiger charge is 2.41. The van der Waals surface area contributed by atoms with Crippen LogP contribution in [0.5, 0.6) is 0 Å². The molecule has 1 aliphatic rings. The minimum Gasteiger partial charge on any atom is -0.461 e. The third-order valence-corrected chi connectivity index (χ3v) is 6.22. The molecule has 1 aliphatic heterocycles. The molecule has 3 rings (SSSR count). The van der Waals surface area contributed by atoms with E-state index in [-0.39, 0.29) is 24.3 Å². The molecule has 0 fully saturated rings. The van der Waals surface area contributed by atoms with Crippen molar-refractivity contribution >= 4 is 17.7 Å². The third kappa shape index (κ3) is 5.18. The van der Waals surface area contributed by atoms with E-state index in [4.69, 9.17) is 10.00 Å². The summed E-state index contributed by atoms with van der Waals surface area (Å²) < 4.78 is 5.27. The number of thioether (sulfide) groups is 1. The zero-order valence-electron chi connectivity index (χ0n) is 17.8. The molecule has 2 aromatic carbocycles. The van der Waals surface area contributed by atoms with Crippen LogP contribution < -0.4 is 5.32 Å². The second-order valence-corrected chi connectivity index (χ2v) is 8.24. The Bertz CT molecular complexity index is 1120. The van der Waals surface area contributed by atoms with Gasteiger partial charge in [0.15, 0.2) is 0 Å². The monoisotopic (exact) mass is 449 g/mol. The van der Waals surface area contributed by atoms with Gasteiger partial charge in [-0.05, 0) is 31.0 Å². The number of benzene rings is 2. The first kappa shape index (κ1) is 23.1. The van der Waals surface area contributed by atoms with Crippen LogP contribution in [0.4, 0.5) is 0 Å². The molecule has 164 valence electrons. The molecule has 0 saturated heterocycles. The number of allylic oxidation sites excluding steroid dienone is 3. The summed E-state index contributed by atoms with van der Waals surface area (Å²) in [6.45, 7) is 3.26. The summed E-state index contributed by atoms with van der Waals surface area (Å²) in [5.74, 6) is -0.866. The van der Waals surface area contributed by atoms with E-state index in [9.17, 15) is 14.9 Å². The van der Waals surface area contributed by atoms with E-state index in [0.717, 1.165) is 10.5 Å². The van der Waals surface area contributed by atoms with Crippen molar-refractivity contribution in [1.29, 1.82) is 5.26 Å². The molecule has 0 bridgehead atoms. The molecule has 0 saturated carbocycles. The largest absolute Gasteiger partial charge is 0.461 e. The maximum Gasteiger partial charge on any atom is 0.337 e. The third-order valence-electron chi connectivity index (χ3n) is 5.06. The van der Waals surface area contributed by atoms with Crippen LogP contribution in [-0.2, 0) is 15.3 Å². The van der Waals surface area contributed by atoms with Gasteiger partial charge in [0.2, 0.25) is 0 Å². The van der Waals surface area contributed by atoms with Gasteiger partial charge in [0.1, 0.15) is 12.5 Å². The number of hydrogen-bond donors (Lipinski definition) is 1. The summed E-state index contributed by atoms with van der Waals surface area (Å²) in [5.41, 5.74) is 2.79. The minimum absolute atomic E-state index is 0.0522. The Kier molecular flexibility index (Phi) is 7.68. The van der Waals surface area contributed by atoms with Gasteiger partial charge in [0.25, 0.3) is 5.70 Å². The summed E-state index contributed by atoms with van der Waals surface area (Å²) in [4.78, 5) is 25.4. The van der Waals surface area contributed by atoms with Gasteiger partial charge < -0.3 is 10.1 Å². The fourth-order valence-electron chi connectivity index (χ4n) is 3.65. The normalized spacial score (nSPS) is 15.7. The van der Waals surface area contributed by atoms with Crippen molar-refractivity contribution < 1.29 is 14.5 Å². The van der Waals surface area contributed by atoms with E-state index in [1.165, 1.54) is 0 Å². The Hall–Kier alpha value is -3.57. The van der Waals surface area contributed by atoms with Gasteiger partial charge in [-0.25, -0.2) is 4.79 Å². The fourth-order valence-corrected chi connectivity index (χ4v) is 4.69. The van der Waals surface area contributed by atoms with Crippen LogP contribution in [0.15, 0.2) is 82.2 Å². The lowest BCUT2D eigenvalue weighted by molar-refractivity contribution is -0.431. The molecular formula is C24H23N3O4S. The number of esters is 1. The first-order chi connectivity index (χ1) is 15.4. The van der Waals surface area contributed by atoms with Gasteiger partial charge in [-0.3, -0.25) is 10.1 Å². The molecule has 32 heavy (non-hydrogen) atoms. The topological polar surface area (TPSA) is 105 Å². The predicted molar refractivity (Wildman–Crippen MR) is 122 cm³/mol. The number of hydrogen-bond acceptors (Lipinski definition) is 7. The van der Waals surface area contributed by atoms with E-state index in [1.54, 1.807) is 25.6 Å². The van der Waals surface area contributed by atoms with Crippen molar-refractivity contribution in [3.63, 3.8) is 0 Å². The van der Waals surface area contributed by atoms with E-state index >= 15 is 0 Å². The number of nitrogens with zero attached hydrogens (tertiary/aromatic N) is 2. The SMILES string of the molecule is CC1=C(C(=O)OCCC#N)C(c2ccccc2SCc2ccccc2)C([N+](=O)[O-])=C(C)N1. The maximum absolute atomic E-state index is 13.0. The van der Waals surface area contributed by atoms with Crippen molar-refractivity contribution in [3.05, 3.63) is 98.5 Å². The van der Waals surface area contributed by atoms with Crippen LogP contribution in [0, 0.1) is 21.4 Å². The van der Waals surface area contributed by atoms with Crippen molar-refractivity contribution in [2.24, 2.45) is 0 Å². The van der Waals surface area contributed by atoms with Crippen molar-refractivity contribution in [2.75, 3.05) is 6.61 Å². The van der Waals surface area contributed by atoms with Crippen molar-refractivity contribution in [2.45, 2.75) is 36.8 Å². The summed E-state index contributed by atoms with van der Waals surface area (Å²) in [6, 6.07) is 19.3. The van der Waals surface area contributed by atoms with E-state index in [0.29, 0.717) is 22.7 Å². The zero-order chi connectivity index (χ0) is 23.1. The first-order valence-corrected chi connectivity index (χ1v) is 11.0. The summed E-state index contributed by atoms with van der Waals surface area (Å²) in [6.07, 6.45) is 0.0522. The quantitative estimate of drug-likeness (QED) is 0.201. The van der Waals surface area contributed by atoms with Crippen LogP contribution >= 0.6 is 11.8 Å². The average Bonchev–Trinajstić information content (AvgIpc) is 2.78. The number of ether oxygens (including phenoxy) is 1. The highest BCUT2D eigenvalue weighted by molar-refractivity contribution is 7.98. The van der Waals surface area contributed by atoms with Gasteiger partial charge in [0, 0.05) is 16.3 Å². The van der Waals surface area contributed by atoms with E-state index in [1.807, 2.05) is 60.7 Å². The van der Waals surface area contributed by atoms with Gasteiger partial charge in [-0.15, -0.1) is 11.8 Å². The Labute approximate surface area is 190 Å². The molecule has 0 aromatic heterocycles. The van der Waals surface area contributed by atoms with Crippen molar-refractivity contribution in [3.8, 4) is 6.07 Å². The molecule has 1 unspecified atom stereocenters. The number of carbonyl (C=O) groups is 1. The molecule has 1 heterocycles. The number of carbonyl (C=O) groups excluding carboxylic acids is 1. The first-order valence-electron chi connectivity index (χ1n) is 10.1. The highest BCUT2D eigenvalue weighted by Crippen LogP contribution is 2.42. The molecular weight excluding hydrogens is 426 g/mol. The number of rotatable bonds is 8. The Morgan fingerprint density at radius 3 is 2.53 bits per heavy atom. The number of nitriles is 1. The molecule has 8 heteroatoms. The lowest BCUT2D eigenvalue weighted by Crippen LogP contribution is -2.32. The van der Waals surface area contributed by atoms with Crippen LogP contribution in [0.1, 0.15) is 37.3 Å². The Morgan fingerprint density at radius 1 is 1.16 bits per heavy atom. The lowest BCUT2D eigenvalue weighted by atomic mass is 9.84. The summed E-state index contributed by atoms with van der Waals surface area (Å²) >= 11 is 1.56. The molecule has 2 aromatic rings. The standard InChI is InChI=1S/C24H23N3O4S/c1-16-21(24(28)31-14-8-13-25)22(23(27(29)30)17(2)26-16)19-11-6-7-12-20(19)32-15-18-9-4-3-5-10-18/h3-7,9-12,22,26H,8,14-15H2,1-2H3. The van der Waals surface area contributed by atoms with Crippen LogP contribution in [0.25, 0.3) is 0 Å². The van der Waals surface area contributed by atoms with Gasteiger partial charge >= 0.3 is 5.97 Å². The Morgan fingerprint density at radius 2 is 1.84 bits per heavy atom. The molecule has 0 spiro atoms. The van der Waals surface area contributed by atoms with Crippen LogP contribution in [0.2, 0.25) is 0 Å². The van der Waals surface area contributed by atoms with E-state index < -0.39 is 16.8 Å². The fraction of sp³-hybridized carbons (Fsp3) is 0.250. The molecule has 0 radical (unpaired) electrons. The zero-order valence-corrected chi connectivity index (χ0v) is 18.6. The predicted octanol–water partition coefficient (Wildman–Crippen LogP) is 4.90. The van der Waals surface area contributed by atoms with Gasteiger partial charge in [-0.1, -0.05) is 48.5 Å². The second-order valence-electron chi connectivity index (χ2n) is 7.22. The highest BCUT2D eigenvalue weighted by atomic mass is 32.2. The smallest absolute Gasteiger partial charge is 0.337 e. The lowest BCUT2D eigenvalue weighted by Gasteiger charge is -2.27. The molecule has 0 aliphatic carbocycles. The maximum atomic E-state index is 13.0. The van der Waals surface area contributed by atoms with E-state index in [2.05, 4.69) is 5.32 Å². The summed E-state index contributed by atoms with van der Waals surface area (Å²) in [5, 5.41) is 23.8. The second kappa shape index (κ2) is 10.6. The molecule has 0 amide bonds.